The normalized spacial score (nSPS) is 15.9. The molecule has 0 spiro atoms. The van der Waals surface area contributed by atoms with E-state index in [0.717, 1.165) is 45.3 Å². The van der Waals surface area contributed by atoms with Gasteiger partial charge in [0.15, 0.2) is 0 Å². The molecule has 0 fully saturated rings. The van der Waals surface area contributed by atoms with Gasteiger partial charge in [0.1, 0.15) is 0 Å². The Bertz CT molecular complexity index is 1190. The van der Waals surface area contributed by atoms with Crippen LogP contribution < -0.4 is 10.6 Å². The van der Waals surface area contributed by atoms with Crippen molar-refractivity contribution in [3.8, 4) is 22.5 Å². The van der Waals surface area contributed by atoms with Crippen LogP contribution in [0.1, 0.15) is 39.1 Å². The van der Waals surface area contributed by atoms with Gasteiger partial charge in [-0.25, -0.2) is 0 Å². The molecule has 1 aliphatic heterocycles. The smallest absolute Gasteiger partial charge is 0.0739 e. The first kappa shape index (κ1) is 20.3. The van der Waals surface area contributed by atoms with Crippen molar-refractivity contribution >= 4 is 11.4 Å². The summed E-state index contributed by atoms with van der Waals surface area (Å²) in [6.07, 6.45) is 0. The fraction of sp³-hybridized carbons (Fsp3) is 0.214. The molecule has 0 atom stereocenters. The number of hydrogen-bond acceptors (Lipinski definition) is 4. The Labute approximate surface area is 189 Å². The summed E-state index contributed by atoms with van der Waals surface area (Å²) in [7, 11) is 0. The molecule has 4 heteroatoms. The maximum absolute atomic E-state index is 5.09. The first-order chi connectivity index (χ1) is 15.3. The van der Waals surface area contributed by atoms with Crippen molar-refractivity contribution < 1.29 is 0 Å². The Morgan fingerprint density at radius 3 is 1.34 bits per heavy atom. The molecule has 2 aromatic carbocycles. The number of pyridine rings is 2. The van der Waals surface area contributed by atoms with Gasteiger partial charge in [0, 0.05) is 22.5 Å². The number of aromatic nitrogens is 2. The fourth-order valence-corrected chi connectivity index (χ4v) is 4.30. The molecular formula is C28H28N4. The lowest BCUT2D eigenvalue weighted by Crippen LogP contribution is -2.31. The lowest BCUT2D eigenvalue weighted by Gasteiger charge is -2.31. The van der Waals surface area contributed by atoms with Gasteiger partial charge in [-0.3, -0.25) is 9.97 Å². The summed E-state index contributed by atoms with van der Waals surface area (Å²) in [5.74, 6) is 0. The van der Waals surface area contributed by atoms with Crippen LogP contribution in [0.5, 0.6) is 0 Å². The molecule has 0 saturated carbocycles. The minimum Gasteiger partial charge on any atom is -0.374 e. The number of hydrogen-bond donors (Lipinski definition) is 2. The van der Waals surface area contributed by atoms with Crippen LogP contribution in [0.2, 0.25) is 0 Å². The van der Waals surface area contributed by atoms with Crippen molar-refractivity contribution in [2.45, 2.75) is 38.8 Å². The highest BCUT2D eigenvalue weighted by Crippen LogP contribution is 2.36. The van der Waals surface area contributed by atoms with Crippen LogP contribution in [0.25, 0.3) is 22.5 Å². The molecule has 2 aromatic heterocycles. The molecule has 0 saturated heterocycles. The highest BCUT2D eigenvalue weighted by Gasteiger charge is 2.27. The molecule has 0 unspecified atom stereocenters. The van der Waals surface area contributed by atoms with Crippen LogP contribution in [-0.4, -0.2) is 9.97 Å². The predicted molar refractivity (Wildman–Crippen MR) is 133 cm³/mol. The number of nitrogens with one attached hydrogen (secondary N) is 2. The van der Waals surface area contributed by atoms with Gasteiger partial charge in [-0.05, 0) is 64.1 Å². The van der Waals surface area contributed by atoms with Crippen LogP contribution >= 0.6 is 0 Å². The zero-order valence-electron chi connectivity index (χ0n) is 19.0. The quantitative estimate of drug-likeness (QED) is 0.328. The minimum atomic E-state index is -0.379. The van der Waals surface area contributed by atoms with Crippen molar-refractivity contribution in [3.05, 3.63) is 96.3 Å². The number of para-hydroxylation sites is 2. The second-order valence-corrected chi connectivity index (χ2v) is 9.41. The molecule has 4 bridgehead atoms. The van der Waals surface area contributed by atoms with Crippen molar-refractivity contribution in [3.63, 3.8) is 0 Å². The second kappa shape index (κ2) is 7.49. The Morgan fingerprint density at radius 2 is 0.906 bits per heavy atom. The van der Waals surface area contributed by atoms with Gasteiger partial charge in [-0.15, -0.1) is 0 Å². The second-order valence-electron chi connectivity index (χ2n) is 9.41. The van der Waals surface area contributed by atoms with Crippen LogP contribution in [0.3, 0.4) is 0 Å². The van der Waals surface area contributed by atoms with Gasteiger partial charge in [-0.2, -0.15) is 0 Å². The van der Waals surface area contributed by atoms with Crippen molar-refractivity contribution in [2.24, 2.45) is 0 Å². The maximum atomic E-state index is 5.09. The third kappa shape index (κ3) is 3.62. The lowest BCUT2D eigenvalue weighted by atomic mass is 9.94. The fourth-order valence-electron chi connectivity index (χ4n) is 4.30. The molecule has 0 amide bonds. The molecule has 2 N–H and O–H groups in total. The van der Waals surface area contributed by atoms with E-state index < -0.39 is 0 Å². The lowest BCUT2D eigenvalue weighted by molar-refractivity contribution is 0.585. The zero-order valence-corrected chi connectivity index (χ0v) is 19.0. The standard InChI is InChI=1S/C28H28N4/c1-27(2)25-17-9-15-21(29-25)20-12-6-8-14-24(20)32-28(3,4)26-18-10-16-22(30-26)19-11-5-7-13-23(19)31-27/h5-18,31-32H,1-4H3. The molecule has 160 valence electrons. The molecule has 5 rings (SSSR count). The average molecular weight is 421 g/mol. The number of rotatable bonds is 0. The summed E-state index contributed by atoms with van der Waals surface area (Å²) in [6.45, 7) is 8.66. The van der Waals surface area contributed by atoms with Crippen LogP contribution in [0.4, 0.5) is 11.4 Å². The molecule has 4 aromatic rings. The summed E-state index contributed by atoms with van der Waals surface area (Å²) in [4.78, 5) is 10.2. The average Bonchev–Trinajstić information content (AvgIpc) is 2.79. The predicted octanol–water partition coefficient (Wildman–Crippen LogP) is 6.82. The monoisotopic (exact) mass is 420 g/mol. The van der Waals surface area contributed by atoms with Gasteiger partial charge < -0.3 is 10.6 Å². The van der Waals surface area contributed by atoms with Crippen LogP contribution in [0, 0.1) is 0 Å². The van der Waals surface area contributed by atoms with Gasteiger partial charge >= 0.3 is 0 Å². The number of fused-ring (bicyclic) bond motifs is 8. The molecule has 4 nitrogen and oxygen atoms in total. The van der Waals surface area contributed by atoms with E-state index in [9.17, 15) is 0 Å². The highest BCUT2D eigenvalue weighted by molar-refractivity contribution is 5.78. The van der Waals surface area contributed by atoms with Crippen molar-refractivity contribution in [1.82, 2.24) is 9.97 Å². The van der Waals surface area contributed by atoms with E-state index in [1.165, 1.54) is 0 Å². The van der Waals surface area contributed by atoms with E-state index >= 15 is 0 Å². The first-order valence-electron chi connectivity index (χ1n) is 11.0. The molecule has 3 heterocycles. The summed E-state index contributed by atoms with van der Waals surface area (Å²) in [6, 6.07) is 29.2. The molecule has 0 radical (unpaired) electrons. The SMILES string of the molecule is CC1(C)Nc2ccccc2-c2cccc(n2)C(C)(C)Nc2ccccc2-c2cccc1n2. The number of anilines is 2. The van der Waals surface area contributed by atoms with Crippen LogP contribution in [-0.2, 0) is 11.1 Å². The van der Waals surface area contributed by atoms with Gasteiger partial charge in [0.2, 0.25) is 0 Å². The highest BCUT2D eigenvalue weighted by atomic mass is 15.0. The Morgan fingerprint density at radius 1 is 0.500 bits per heavy atom. The summed E-state index contributed by atoms with van der Waals surface area (Å²) >= 11 is 0. The topological polar surface area (TPSA) is 49.8 Å². The Kier molecular flexibility index (Phi) is 4.74. The van der Waals surface area contributed by atoms with E-state index in [1.807, 2.05) is 0 Å². The van der Waals surface area contributed by atoms with E-state index in [-0.39, 0.29) is 11.1 Å². The summed E-state index contributed by atoms with van der Waals surface area (Å²) in [5.41, 5.74) is 7.33. The van der Waals surface area contributed by atoms with Gasteiger partial charge in [0.25, 0.3) is 0 Å². The zero-order chi connectivity index (χ0) is 22.3. The Balaban J connectivity index is 1.78. The maximum Gasteiger partial charge on any atom is 0.0739 e. The molecule has 1 aliphatic rings. The largest absolute Gasteiger partial charge is 0.374 e. The third-order valence-electron chi connectivity index (χ3n) is 6.08. The first-order valence-corrected chi connectivity index (χ1v) is 11.0. The molecule has 0 aliphatic carbocycles. The van der Waals surface area contributed by atoms with E-state index in [0.29, 0.717) is 0 Å². The van der Waals surface area contributed by atoms with E-state index in [4.69, 9.17) is 9.97 Å². The number of benzene rings is 2. The van der Waals surface area contributed by atoms with E-state index in [2.05, 4.69) is 123 Å². The summed E-state index contributed by atoms with van der Waals surface area (Å²) in [5, 5.41) is 7.47. The summed E-state index contributed by atoms with van der Waals surface area (Å²) < 4.78 is 0. The van der Waals surface area contributed by atoms with Crippen LogP contribution in [0.15, 0.2) is 84.9 Å². The van der Waals surface area contributed by atoms with E-state index in [1.54, 1.807) is 0 Å². The molecular weight excluding hydrogens is 392 g/mol. The van der Waals surface area contributed by atoms with Gasteiger partial charge in [-0.1, -0.05) is 48.5 Å². The Hall–Kier alpha value is -3.66. The van der Waals surface area contributed by atoms with Gasteiger partial charge in [0.05, 0.1) is 33.9 Å². The number of nitrogens with zero attached hydrogens (tertiary/aromatic N) is 2. The third-order valence-corrected chi connectivity index (χ3v) is 6.08. The van der Waals surface area contributed by atoms with Crippen molar-refractivity contribution in [1.29, 1.82) is 0 Å². The molecule has 32 heavy (non-hydrogen) atoms. The minimum absolute atomic E-state index is 0.379. The van der Waals surface area contributed by atoms with Crippen molar-refractivity contribution in [2.75, 3.05) is 10.6 Å².